The zero-order chi connectivity index (χ0) is 17.3. The molecule has 128 valence electrons. The molecule has 0 aromatic heterocycles. The minimum absolute atomic E-state index is 0.205. The standard InChI is InChI=1S/C20H22F3N/c1-13-18(22)15(11-17(21)19(13)23)7-10-24-12-14-3-5-16(6-4-14)20(2)8-9-20/h3-6,11,24H,7-10,12H2,1-2H3. The molecular formula is C20H22F3N. The van der Waals surface area contributed by atoms with Crippen LogP contribution >= 0.6 is 0 Å². The highest BCUT2D eigenvalue weighted by atomic mass is 19.2. The molecule has 24 heavy (non-hydrogen) atoms. The fourth-order valence-corrected chi connectivity index (χ4v) is 2.93. The first-order chi connectivity index (χ1) is 11.4. The first-order valence-corrected chi connectivity index (χ1v) is 8.34. The molecule has 1 fully saturated rings. The minimum Gasteiger partial charge on any atom is -0.312 e. The molecule has 0 unspecified atom stereocenters. The summed E-state index contributed by atoms with van der Waals surface area (Å²) in [5.74, 6) is -2.75. The summed E-state index contributed by atoms with van der Waals surface area (Å²) in [5.41, 5.74) is 2.86. The van der Waals surface area contributed by atoms with Crippen molar-refractivity contribution >= 4 is 0 Å². The Labute approximate surface area is 140 Å². The van der Waals surface area contributed by atoms with E-state index < -0.39 is 17.5 Å². The second-order valence-corrected chi connectivity index (χ2v) is 6.95. The van der Waals surface area contributed by atoms with Gasteiger partial charge in [-0.25, -0.2) is 13.2 Å². The predicted molar refractivity (Wildman–Crippen MR) is 89.5 cm³/mol. The van der Waals surface area contributed by atoms with E-state index in [4.69, 9.17) is 0 Å². The van der Waals surface area contributed by atoms with Crippen LogP contribution in [0.15, 0.2) is 30.3 Å². The molecule has 2 aromatic rings. The molecule has 1 N–H and O–H groups in total. The average molecular weight is 333 g/mol. The number of hydrogen-bond donors (Lipinski definition) is 1. The first-order valence-electron chi connectivity index (χ1n) is 8.34. The normalized spacial score (nSPS) is 15.5. The van der Waals surface area contributed by atoms with Gasteiger partial charge in [0.25, 0.3) is 0 Å². The molecule has 0 bridgehead atoms. The lowest BCUT2D eigenvalue weighted by Gasteiger charge is -2.11. The molecule has 3 rings (SSSR count). The molecular weight excluding hydrogens is 311 g/mol. The number of hydrogen-bond acceptors (Lipinski definition) is 1. The van der Waals surface area contributed by atoms with Gasteiger partial charge in [-0.1, -0.05) is 31.2 Å². The fraction of sp³-hybridized carbons (Fsp3) is 0.400. The van der Waals surface area contributed by atoms with Gasteiger partial charge in [0, 0.05) is 12.1 Å². The summed E-state index contributed by atoms with van der Waals surface area (Å²) in [7, 11) is 0. The van der Waals surface area contributed by atoms with Gasteiger partial charge in [-0.3, -0.25) is 0 Å². The largest absolute Gasteiger partial charge is 0.312 e. The van der Waals surface area contributed by atoms with E-state index >= 15 is 0 Å². The third-order valence-corrected chi connectivity index (χ3v) is 5.00. The Hall–Kier alpha value is -1.81. The van der Waals surface area contributed by atoms with Crippen molar-refractivity contribution in [2.45, 2.75) is 45.1 Å². The Bertz CT molecular complexity index is 734. The Morgan fingerprint density at radius 2 is 1.71 bits per heavy atom. The van der Waals surface area contributed by atoms with Crippen LogP contribution in [-0.4, -0.2) is 6.54 Å². The second kappa shape index (κ2) is 6.60. The van der Waals surface area contributed by atoms with E-state index in [1.54, 1.807) is 0 Å². The van der Waals surface area contributed by atoms with Gasteiger partial charge in [-0.2, -0.15) is 0 Å². The number of benzene rings is 2. The Morgan fingerprint density at radius 3 is 2.33 bits per heavy atom. The molecule has 1 aliphatic carbocycles. The maximum absolute atomic E-state index is 13.9. The number of rotatable bonds is 6. The number of nitrogens with one attached hydrogen (secondary N) is 1. The van der Waals surface area contributed by atoms with Gasteiger partial charge in [-0.05, 0) is 60.9 Å². The molecule has 1 aliphatic rings. The van der Waals surface area contributed by atoms with Crippen molar-refractivity contribution in [3.8, 4) is 0 Å². The maximum atomic E-state index is 13.9. The highest BCUT2D eigenvalue weighted by Gasteiger charge is 2.38. The van der Waals surface area contributed by atoms with E-state index in [-0.39, 0.29) is 11.1 Å². The Balaban J connectivity index is 1.52. The van der Waals surface area contributed by atoms with Gasteiger partial charge in [0.2, 0.25) is 0 Å². The monoisotopic (exact) mass is 333 g/mol. The molecule has 0 amide bonds. The van der Waals surface area contributed by atoms with Crippen LogP contribution in [0.1, 0.15) is 42.0 Å². The van der Waals surface area contributed by atoms with Crippen molar-refractivity contribution < 1.29 is 13.2 Å². The van der Waals surface area contributed by atoms with Gasteiger partial charge < -0.3 is 5.32 Å². The van der Waals surface area contributed by atoms with Crippen LogP contribution < -0.4 is 5.32 Å². The summed E-state index contributed by atoms with van der Waals surface area (Å²) in [5, 5.41) is 3.22. The zero-order valence-electron chi connectivity index (χ0n) is 14.1. The van der Waals surface area contributed by atoms with Crippen molar-refractivity contribution in [3.63, 3.8) is 0 Å². The molecule has 2 aromatic carbocycles. The summed E-state index contributed by atoms with van der Waals surface area (Å²) >= 11 is 0. The van der Waals surface area contributed by atoms with E-state index in [2.05, 4.69) is 36.5 Å². The summed E-state index contributed by atoms with van der Waals surface area (Å²) < 4.78 is 40.6. The summed E-state index contributed by atoms with van der Waals surface area (Å²) in [6, 6.07) is 9.50. The molecule has 0 radical (unpaired) electrons. The lowest BCUT2D eigenvalue weighted by Crippen LogP contribution is -2.18. The van der Waals surface area contributed by atoms with E-state index in [1.807, 2.05) is 0 Å². The number of halogens is 3. The van der Waals surface area contributed by atoms with Crippen LogP contribution in [0, 0.1) is 24.4 Å². The van der Waals surface area contributed by atoms with E-state index in [1.165, 1.54) is 25.3 Å². The van der Waals surface area contributed by atoms with Crippen LogP contribution in [0.25, 0.3) is 0 Å². The van der Waals surface area contributed by atoms with Gasteiger partial charge in [0.1, 0.15) is 5.82 Å². The van der Waals surface area contributed by atoms with E-state index in [0.717, 1.165) is 11.6 Å². The van der Waals surface area contributed by atoms with Crippen LogP contribution in [-0.2, 0) is 18.4 Å². The molecule has 0 saturated heterocycles. The van der Waals surface area contributed by atoms with Crippen molar-refractivity contribution in [1.82, 2.24) is 5.32 Å². The lowest BCUT2D eigenvalue weighted by molar-refractivity contribution is 0.480. The molecule has 0 aliphatic heterocycles. The van der Waals surface area contributed by atoms with Crippen LogP contribution in [0.3, 0.4) is 0 Å². The molecule has 1 saturated carbocycles. The average Bonchev–Trinajstić information content (AvgIpc) is 3.33. The highest BCUT2D eigenvalue weighted by Crippen LogP contribution is 2.47. The molecule has 0 spiro atoms. The van der Waals surface area contributed by atoms with Crippen molar-refractivity contribution in [2.75, 3.05) is 6.54 Å². The van der Waals surface area contributed by atoms with Gasteiger partial charge in [0.05, 0.1) is 0 Å². The van der Waals surface area contributed by atoms with Crippen molar-refractivity contribution in [1.29, 1.82) is 0 Å². The SMILES string of the molecule is Cc1c(F)c(F)cc(CCNCc2ccc(C3(C)CC3)cc2)c1F. The van der Waals surface area contributed by atoms with Gasteiger partial charge >= 0.3 is 0 Å². The quantitative estimate of drug-likeness (QED) is 0.592. The zero-order valence-corrected chi connectivity index (χ0v) is 14.1. The first kappa shape index (κ1) is 17.0. The van der Waals surface area contributed by atoms with E-state index in [9.17, 15) is 13.2 Å². The van der Waals surface area contributed by atoms with Crippen LogP contribution in [0.4, 0.5) is 13.2 Å². The topological polar surface area (TPSA) is 12.0 Å². The van der Waals surface area contributed by atoms with Gasteiger partial charge in [-0.15, -0.1) is 0 Å². The molecule has 0 atom stereocenters. The maximum Gasteiger partial charge on any atom is 0.164 e. The van der Waals surface area contributed by atoms with Gasteiger partial charge in [0.15, 0.2) is 11.6 Å². The van der Waals surface area contributed by atoms with Crippen molar-refractivity contribution in [2.24, 2.45) is 0 Å². The lowest BCUT2D eigenvalue weighted by atomic mass is 9.97. The summed E-state index contributed by atoms with van der Waals surface area (Å²) in [6.45, 7) is 4.70. The van der Waals surface area contributed by atoms with Crippen LogP contribution in [0.2, 0.25) is 0 Å². The second-order valence-electron chi connectivity index (χ2n) is 6.95. The minimum atomic E-state index is -1.10. The molecule has 0 heterocycles. The third kappa shape index (κ3) is 3.48. The smallest absolute Gasteiger partial charge is 0.164 e. The summed E-state index contributed by atoms with van der Waals surface area (Å²) in [4.78, 5) is 0. The summed E-state index contributed by atoms with van der Waals surface area (Å²) in [6.07, 6.45) is 2.83. The third-order valence-electron chi connectivity index (χ3n) is 5.00. The fourth-order valence-electron chi connectivity index (χ4n) is 2.93. The molecule has 1 nitrogen and oxygen atoms in total. The van der Waals surface area contributed by atoms with Crippen LogP contribution in [0.5, 0.6) is 0 Å². The predicted octanol–water partition coefficient (Wildman–Crippen LogP) is 4.80. The molecule has 4 heteroatoms. The van der Waals surface area contributed by atoms with E-state index in [0.29, 0.717) is 24.9 Å². The Morgan fingerprint density at radius 1 is 1.04 bits per heavy atom. The highest BCUT2D eigenvalue weighted by molar-refractivity contribution is 5.32. The Kier molecular flexibility index (Phi) is 4.68. The van der Waals surface area contributed by atoms with Crippen molar-refractivity contribution in [3.05, 3.63) is 70.0 Å².